The second-order valence-corrected chi connectivity index (χ2v) is 7.91. The van der Waals surface area contributed by atoms with Crippen molar-refractivity contribution in [2.24, 2.45) is 5.16 Å². The molecule has 4 N–H and O–H groups in total. The molecule has 1 aromatic carbocycles. The number of benzene rings is 1. The van der Waals surface area contributed by atoms with Gasteiger partial charge in [-0.15, -0.1) is 0 Å². The van der Waals surface area contributed by atoms with Gasteiger partial charge in [0.25, 0.3) is 10.4 Å². The van der Waals surface area contributed by atoms with Gasteiger partial charge in [-0.3, -0.25) is 4.28 Å². The van der Waals surface area contributed by atoms with E-state index in [1.807, 2.05) is 30.3 Å². The van der Waals surface area contributed by atoms with Gasteiger partial charge in [-0.1, -0.05) is 47.2 Å². The van der Waals surface area contributed by atoms with Crippen molar-refractivity contribution in [3.63, 3.8) is 0 Å². The third-order valence-corrected chi connectivity index (χ3v) is 5.23. The van der Waals surface area contributed by atoms with Gasteiger partial charge in [0.1, 0.15) is 34.9 Å². The molecule has 1 aliphatic heterocycles. The Bertz CT molecular complexity index is 726. The molecule has 0 amide bonds. The second-order valence-electron chi connectivity index (χ2n) is 5.77. The molecule has 12 heteroatoms. The van der Waals surface area contributed by atoms with Gasteiger partial charge in [0.2, 0.25) is 0 Å². The van der Waals surface area contributed by atoms with Gasteiger partial charge in [-0.05, 0) is 12.0 Å². The molecule has 0 bridgehead atoms. The number of aryl methyl sites for hydroxylation is 1. The summed E-state index contributed by atoms with van der Waals surface area (Å²) in [5.41, 5.74) is -0.266. The van der Waals surface area contributed by atoms with Crippen LogP contribution in [0.25, 0.3) is 0 Å². The van der Waals surface area contributed by atoms with Gasteiger partial charge < -0.3 is 29.7 Å². The van der Waals surface area contributed by atoms with E-state index < -0.39 is 46.9 Å². The lowest BCUT2D eigenvalue weighted by Crippen LogP contribution is -2.57. The van der Waals surface area contributed by atoms with Crippen LogP contribution in [0.1, 0.15) is 12.0 Å². The van der Waals surface area contributed by atoms with E-state index in [1.165, 1.54) is 0 Å². The van der Waals surface area contributed by atoms with Gasteiger partial charge in [0, 0.05) is 6.42 Å². The van der Waals surface area contributed by atoms with Crippen LogP contribution in [0, 0.1) is 0 Å². The van der Waals surface area contributed by atoms with Crippen LogP contribution < -0.4 is 0 Å². The summed E-state index contributed by atoms with van der Waals surface area (Å²) in [5, 5.41) is 42.2. The number of aliphatic hydroxyl groups excluding tert-OH is 4. The standard InChI is InChI=1S/C15H21NO9S2/c17-8-10-12(18)13(19)14(20)15(24-10)26-11(16-25-27(21,22)23)7-6-9-4-2-1-3-5-9/h1-5,10,12-15,17-20H,6-8H2,(H,21,22,23)/p-1/b16-11+. The summed E-state index contributed by atoms with van der Waals surface area (Å²) in [6.07, 6.45) is -5.21. The quantitative estimate of drug-likeness (QED) is 0.140. The minimum absolute atomic E-state index is 0.0163. The Morgan fingerprint density at radius 1 is 1.19 bits per heavy atom. The maximum absolute atomic E-state index is 10.7. The lowest BCUT2D eigenvalue weighted by Gasteiger charge is -2.39. The fraction of sp³-hybridized carbons (Fsp3) is 0.533. The highest BCUT2D eigenvalue weighted by Crippen LogP contribution is 2.30. The molecule has 0 radical (unpaired) electrons. The molecule has 10 nitrogen and oxygen atoms in total. The van der Waals surface area contributed by atoms with E-state index in [-0.39, 0.29) is 11.5 Å². The first kappa shape index (κ1) is 22.0. The molecule has 0 saturated carbocycles. The fourth-order valence-electron chi connectivity index (χ4n) is 2.41. The van der Waals surface area contributed by atoms with Crippen molar-refractivity contribution in [2.45, 2.75) is 42.7 Å². The van der Waals surface area contributed by atoms with Crippen molar-refractivity contribution < 1.29 is 42.4 Å². The maximum Gasteiger partial charge on any atom is 0.284 e. The summed E-state index contributed by atoms with van der Waals surface area (Å²) in [4.78, 5) is 0. The monoisotopic (exact) mass is 422 g/mol. The normalized spacial score (nSPS) is 29.5. The molecule has 0 aliphatic carbocycles. The molecule has 1 fully saturated rings. The Labute approximate surface area is 160 Å². The number of ether oxygens (including phenoxy) is 1. The molecule has 0 aromatic heterocycles. The van der Waals surface area contributed by atoms with Crippen molar-refractivity contribution in [2.75, 3.05) is 6.61 Å². The summed E-state index contributed by atoms with van der Waals surface area (Å²) in [5.74, 6) is 0. The topological polar surface area (TPSA) is 169 Å². The van der Waals surface area contributed by atoms with Crippen LogP contribution in [0.5, 0.6) is 0 Å². The second kappa shape index (κ2) is 9.80. The molecule has 1 aromatic rings. The maximum atomic E-state index is 10.7. The molecule has 1 aliphatic rings. The molecule has 1 heterocycles. The Balaban J connectivity index is 2.12. The molecule has 152 valence electrons. The summed E-state index contributed by atoms with van der Waals surface area (Å²) in [6, 6.07) is 9.13. The molecule has 5 unspecified atom stereocenters. The minimum Gasteiger partial charge on any atom is -0.714 e. The third-order valence-electron chi connectivity index (χ3n) is 3.80. The molecule has 2 rings (SSSR count). The van der Waals surface area contributed by atoms with Crippen LogP contribution in [-0.2, 0) is 25.8 Å². The Hall–Kier alpha value is -1.25. The zero-order chi connectivity index (χ0) is 20.0. The van der Waals surface area contributed by atoms with E-state index in [0.717, 1.165) is 17.3 Å². The van der Waals surface area contributed by atoms with Crippen molar-refractivity contribution in [1.29, 1.82) is 0 Å². The number of hydrogen-bond acceptors (Lipinski definition) is 11. The predicted molar refractivity (Wildman–Crippen MR) is 94.3 cm³/mol. The van der Waals surface area contributed by atoms with Crippen molar-refractivity contribution in [3.05, 3.63) is 35.9 Å². The van der Waals surface area contributed by atoms with Crippen LogP contribution in [0.3, 0.4) is 0 Å². The molecule has 1 saturated heterocycles. The highest BCUT2D eigenvalue weighted by atomic mass is 32.3. The number of aliphatic hydroxyl groups is 4. The van der Waals surface area contributed by atoms with E-state index in [0.29, 0.717) is 6.42 Å². The van der Waals surface area contributed by atoms with Gasteiger partial charge >= 0.3 is 0 Å². The number of nitrogens with zero attached hydrogens (tertiary/aromatic N) is 1. The van der Waals surface area contributed by atoms with Gasteiger partial charge in [0.15, 0.2) is 0 Å². The summed E-state index contributed by atoms with van der Waals surface area (Å²) < 4.78 is 41.3. The van der Waals surface area contributed by atoms with E-state index >= 15 is 0 Å². The van der Waals surface area contributed by atoms with Crippen LogP contribution >= 0.6 is 11.8 Å². The van der Waals surface area contributed by atoms with Crippen molar-refractivity contribution in [3.8, 4) is 0 Å². The summed E-state index contributed by atoms with van der Waals surface area (Å²) >= 11 is 0.726. The first-order chi connectivity index (χ1) is 12.7. The van der Waals surface area contributed by atoms with Gasteiger partial charge in [-0.25, -0.2) is 0 Å². The van der Waals surface area contributed by atoms with E-state index in [9.17, 15) is 33.4 Å². The van der Waals surface area contributed by atoms with Crippen molar-refractivity contribution >= 4 is 27.2 Å². The molecule has 5 atom stereocenters. The smallest absolute Gasteiger partial charge is 0.284 e. The largest absolute Gasteiger partial charge is 0.714 e. The van der Waals surface area contributed by atoms with Crippen LogP contribution in [0.4, 0.5) is 0 Å². The number of hydrogen-bond donors (Lipinski definition) is 4. The Morgan fingerprint density at radius 3 is 2.44 bits per heavy atom. The zero-order valence-corrected chi connectivity index (χ0v) is 15.6. The number of thioether (sulfide) groups is 1. The third kappa shape index (κ3) is 6.69. The lowest BCUT2D eigenvalue weighted by atomic mass is 10.0. The van der Waals surface area contributed by atoms with Crippen LogP contribution in [-0.4, -0.2) is 74.9 Å². The average Bonchev–Trinajstić information content (AvgIpc) is 2.64. The highest BCUT2D eigenvalue weighted by molar-refractivity contribution is 8.14. The fourth-order valence-corrected chi connectivity index (χ4v) is 3.70. The lowest BCUT2D eigenvalue weighted by molar-refractivity contribution is -0.205. The molecule has 0 spiro atoms. The average molecular weight is 422 g/mol. The van der Waals surface area contributed by atoms with E-state index in [4.69, 9.17) is 4.74 Å². The van der Waals surface area contributed by atoms with Gasteiger partial charge in [-0.2, -0.15) is 8.42 Å². The number of rotatable bonds is 7. The van der Waals surface area contributed by atoms with Crippen LogP contribution in [0.15, 0.2) is 35.5 Å². The van der Waals surface area contributed by atoms with E-state index in [2.05, 4.69) is 9.44 Å². The zero-order valence-electron chi connectivity index (χ0n) is 14.0. The van der Waals surface area contributed by atoms with Crippen LogP contribution in [0.2, 0.25) is 0 Å². The van der Waals surface area contributed by atoms with Crippen molar-refractivity contribution in [1.82, 2.24) is 0 Å². The highest BCUT2D eigenvalue weighted by Gasteiger charge is 2.44. The first-order valence-electron chi connectivity index (χ1n) is 7.93. The Morgan fingerprint density at radius 2 is 1.85 bits per heavy atom. The summed E-state index contributed by atoms with van der Waals surface area (Å²) in [7, 11) is -5.07. The SMILES string of the molecule is O=S(=O)([O-])O/N=C(\CCc1ccccc1)SC1OC(CO)C(O)C(O)C1O. The van der Waals surface area contributed by atoms with Gasteiger partial charge in [0.05, 0.1) is 6.61 Å². The Kier molecular flexibility index (Phi) is 8.00. The molecular weight excluding hydrogens is 402 g/mol. The number of oxime groups is 1. The minimum atomic E-state index is -5.07. The molecular formula is C15H20NO9S2-. The summed E-state index contributed by atoms with van der Waals surface area (Å²) in [6.45, 7) is -0.607. The van der Waals surface area contributed by atoms with E-state index in [1.54, 1.807) is 0 Å². The predicted octanol–water partition coefficient (Wildman–Crippen LogP) is -1.06. The first-order valence-corrected chi connectivity index (χ1v) is 10.1. The molecule has 27 heavy (non-hydrogen) atoms.